The molecule has 0 spiro atoms. The van der Waals surface area contributed by atoms with Crippen molar-refractivity contribution in [2.75, 3.05) is 5.32 Å². The summed E-state index contributed by atoms with van der Waals surface area (Å²) in [5, 5.41) is 3.34. The monoisotopic (exact) mass is 189 g/mol. The molecule has 0 fully saturated rings. The van der Waals surface area contributed by atoms with Crippen LogP contribution < -0.4 is 5.32 Å². The Morgan fingerprint density at radius 3 is 2.64 bits per heavy atom. The molecule has 0 radical (unpaired) electrons. The molecule has 0 amide bonds. The smallest absolute Gasteiger partial charge is 0.166 e. The first-order valence-electron chi connectivity index (χ1n) is 4.99. The van der Waals surface area contributed by atoms with Crippen molar-refractivity contribution in [2.45, 2.75) is 33.2 Å². The number of fused-ring (bicyclic) bond motifs is 1. The Kier molecular flexibility index (Phi) is 2.06. The average molecular weight is 189 g/mol. The van der Waals surface area contributed by atoms with Crippen LogP contribution in [0, 0.1) is 13.8 Å². The fourth-order valence-electron chi connectivity index (χ4n) is 1.87. The van der Waals surface area contributed by atoms with Crippen LogP contribution in [0.25, 0.3) is 0 Å². The summed E-state index contributed by atoms with van der Waals surface area (Å²) in [6.45, 7) is 6.15. The quantitative estimate of drug-likeness (QED) is 0.679. The number of anilines is 1. The number of ketones is 1. The molecule has 1 heterocycles. The lowest BCUT2D eigenvalue weighted by molar-refractivity contribution is 0.0974. The van der Waals surface area contributed by atoms with E-state index in [1.807, 2.05) is 19.9 Å². The van der Waals surface area contributed by atoms with E-state index in [9.17, 15) is 4.79 Å². The molecule has 1 atom stereocenters. The Bertz CT molecular complexity index is 396. The van der Waals surface area contributed by atoms with Crippen molar-refractivity contribution in [3.63, 3.8) is 0 Å². The minimum absolute atomic E-state index is 0.259. The summed E-state index contributed by atoms with van der Waals surface area (Å²) in [4.78, 5) is 11.7. The molecular weight excluding hydrogens is 174 g/mol. The maximum absolute atomic E-state index is 11.7. The van der Waals surface area contributed by atoms with Crippen molar-refractivity contribution in [1.82, 2.24) is 0 Å². The highest BCUT2D eigenvalue weighted by molar-refractivity contribution is 6.03. The topological polar surface area (TPSA) is 29.1 Å². The highest BCUT2D eigenvalue weighted by Crippen LogP contribution is 2.27. The number of carbonyl (C=O) groups is 1. The standard InChI is InChI=1S/C12H15NO/c1-7-4-10-11(5-8(7)2)13-9(3)6-12(10)14/h4-5,9,13H,6H2,1-3H3. The summed E-state index contributed by atoms with van der Waals surface area (Å²) in [5.41, 5.74) is 4.27. The molecule has 1 unspecified atom stereocenters. The number of Topliss-reactive ketones (excluding diaryl/α,β-unsaturated/α-hetero) is 1. The number of hydrogen-bond acceptors (Lipinski definition) is 2. The second kappa shape index (κ2) is 3.12. The van der Waals surface area contributed by atoms with Crippen molar-refractivity contribution in [3.8, 4) is 0 Å². The zero-order chi connectivity index (χ0) is 10.3. The number of benzene rings is 1. The van der Waals surface area contributed by atoms with Crippen molar-refractivity contribution in [1.29, 1.82) is 0 Å². The van der Waals surface area contributed by atoms with E-state index >= 15 is 0 Å². The largest absolute Gasteiger partial charge is 0.382 e. The Hall–Kier alpha value is -1.31. The number of carbonyl (C=O) groups excluding carboxylic acids is 1. The SMILES string of the molecule is Cc1cc2c(cc1C)C(=O)CC(C)N2. The lowest BCUT2D eigenvalue weighted by Crippen LogP contribution is -2.26. The number of nitrogens with one attached hydrogen (secondary N) is 1. The number of rotatable bonds is 0. The minimum Gasteiger partial charge on any atom is -0.382 e. The van der Waals surface area contributed by atoms with Gasteiger partial charge in [0.1, 0.15) is 0 Å². The summed E-state index contributed by atoms with van der Waals surface area (Å²) in [6, 6.07) is 4.32. The van der Waals surface area contributed by atoms with Crippen molar-refractivity contribution >= 4 is 11.5 Å². The first kappa shape index (κ1) is 9.25. The van der Waals surface area contributed by atoms with Gasteiger partial charge in [0, 0.05) is 23.7 Å². The maximum atomic E-state index is 11.7. The first-order chi connectivity index (χ1) is 6.58. The number of aryl methyl sites for hydroxylation is 2. The van der Waals surface area contributed by atoms with E-state index in [0.717, 1.165) is 11.3 Å². The van der Waals surface area contributed by atoms with Gasteiger partial charge in [-0.25, -0.2) is 0 Å². The Morgan fingerprint density at radius 1 is 1.29 bits per heavy atom. The van der Waals surface area contributed by atoms with Crippen molar-refractivity contribution in [3.05, 3.63) is 28.8 Å². The predicted octanol–water partition coefficient (Wildman–Crippen LogP) is 2.69. The van der Waals surface area contributed by atoms with Gasteiger partial charge < -0.3 is 5.32 Å². The van der Waals surface area contributed by atoms with Crippen LogP contribution in [0.4, 0.5) is 5.69 Å². The zero-order valence-corrected chi connectivity index (χ0v) is 8.85. The summed E-state index contributed by atoms with van der Waals surface area (Å²) in [5.74, 6) is 0.259. The van der Waals surface area contributed by atoms with Gasteiger partial charge in [-0.1, -0.05) is 0 Å². The number of hydrogen-bond donors (Lipinski definition) is 1. The van der Waals surface area contributed by atoms with Crippen molar-refractivity contribution in [2.24, 2.45) is 0 Å². The van der Waals surface area contributed by atoms with Crippen LogP contribution in [0.3, 0.4) is 0 Å². The molecule has 0 aliphatic carbocycles. The molecular formula is C12H15NO. The summed E-state index contributed by atoms with van der Waals surface area (Å²) >= 11 is 0. The molecule has 1 aliphatic heterocycles. The Morgan fingerprint density at radius 2 is 1.93 bits per heavy atom. The van der Waals surface area contributed by atoms with E-state index < -0.39 is 0 Å². The molecule has 0 bridgehead atoms. The molecule has 1 aromatic rings. The van der Waals surface area contributed by atoms with Gasteiger partial charge in [-0.3, -0.25) is 4.79 Å². The maximum Gasteiger partial charge on any atom is 0.166 e. The lowest BCUT2D eigenvalue weighted by Gasteiger charge is -2.24. The van der Waals surface area contributed by atoms with E-state index in [2.05, 4.69) is 18.3 Å². The van der Waals surface area contributed by atoms with E-state index in [0.29, 0.717) is 6.42 Å². The van der Waals surface area contributed by atoms with Gasteiger partial charge in [0.25, 0.3) is 0 Å². The van der Waals surface area contributed by atoms with Gasteiger partial charge in [-0.15, -0.1) is 0 Å². The zero-order valence-electron chi connectivity index (χ0n) is 8.85. The van der Waals surface area contributed by atoms with Gasteiger partial charge in [0.05, 0.1) is 0 Å². The van der Waals surface area contributed by atoms with E-state index in [1.54, 1.807) is 0 Å². The fourth-order valence-corrected chi connectivity index (χ4v) is 1.87. The molecule has 1 aromatic carbocycles. The second-order valence-corrected chi connectivity index (χ2v) is 4.15. The third kappa shape index (κ3) is 1.41. The lowest BCUT2D eigenvalue weighted by atomic mass is 9.94. The summed E-state index contributed by atoms with van der Waals surface area (Å²) < 4.78 is 0. The average Bonchev–Trinajstić information content (AvgIpc) is 2.08. The highest BCUT2D eigenvalue weighted by atomic mass is 16.1. The van der Waals surface area contributed by atoms with E-state index in [-0.39, 0.29) is 11.8 Å². The van der Waals surface area contributed by atoms with Gasteiger partial charge in [-0.05, 0) is 44.0 Å². The molecule has 1 aliphatic rings. The van der Waals surface area contributed by atoms with Gasteiger partial charge in [0.2, 0.25) is 0 Å². The van der Waals surface area contributed by atoms with Crippen LogP contribution in [0.1, 0.15) is 34.8 Å². The van der Waals surface area contributed by atoms with Crippen LogP contribution in [0.2, 0.25) is 0 Å². The summed E-state index contributed by atoms with van der Waals surface area (Å²) in [7, 11) is 0. The Balaban J connectivity index is 2.55. The molecule has 14 heavy (non-hydrogen) atoms. The van der Waals surface area contributed by atoms with E-state index in [4.69, 9.17) is 0 Å². The second-order valence-electron chi connectivity index (χ2n) is 4.15. The molecule has 0 aromatic heterocycles. The normalized spacial score (nSPS) is 20.2. The molecule has 2 nitrogen and oxygen atoms in total. The molecule has 1 N–H and O–H groups in total. The van der Waals surface area contributed by atoms with Crippen LogP contribution in [-0.4, -0.2) is 11.8 Å². The molecule has 74 valence electrons. The highest BCUT2D eigenvalue weighted by Gasteiger charge is 2.21. The van der Waals surface area contributed by atoms with Gasteiger partial charge >= 0.3 is 0 Å². The van der Waals surface area contributed by atoms with Crippen molar-refractivity contribution < 1.29 is 4.79 Å². The third-order valence-electron chi connectivity index (χ3n) is 2.83. The first-order valence-corrected chi connectivity index (χ1v) is 4.99. The molecule has 2 rings (SSSR count). The fraction of sp³-hybridized carbons (Fsp3) is 0.417. The van der Waals surface area contributed by atoms with Crippen LogP contribution >= 0.6 is 0 Å². The predicted molar refractivity (Wildman–Crippen MR) is 57.9 cm³/mol. The van der Waals surface area contributed by atoms with Crippen LogP contribution in [0.5, 0.6) is 0 Å². The molecule has 0 saturated carbocycles. The van der Waals surface area contributed by atoms with Gasteiger partial charge in [0.15, 0.2) is 5.78 Å². The minimum atomic E-state index is 0.259. The van der Waals surface area contributed by atoms with E-state index in [1.165, 1.54) is 11.1 Å². The van der Waals surface area contributed by atoms with Crippen LogP contribution in [0.15, 0.2) is 12.1 Å². The molecule has 0 saturated heterocycles. The third-order valence-corrected chi connectivity index (χ3v) is 2.83. The summed E-state index contributed by atoms with van der Waals surface area (Å²) in [6.07, 6.45) is 0.607. The van der Waals surface area contributed by atoms with Crippen LogP contribution in [-0.2, 0) is 0 Å². The molecule has 2 heteroatoms. The van der Waals surface area contributed by atoms with Gasteiger partial charge in [-0.2, -0.15) is 0 Å². The Labute approximate surface area is 84.3 Å².